The van der Waals surface area contributed by atoms with Crippen LogP contribution in [0.2, 0.25) is 0 Å². The van der Waals surface area contributed by atoms with E-state index in [9.17, 15) is 14.9 Å². The maximum Gasteiger partial charge on any atom is 0.341 e. The Hall–Kier alpha value is -2.85. The Labute approximate surface area is 163 Å². The van der Waals surface area contributed by atoms with E-state index >= 15 is 0 Å². The molecule has 7 heteroatoms. The van der Waals surface area contributed by atoms with Gasteiger partial charge in [0.2, 0.25) is 0 Å². The lowest BCUT2D eigenvalue weighted by molar-refractivity contribution is -0.112. The number of hydrogen-bond donors (Lipinski definition) is 1. The fourth-order valence-corrected chi connectivity index (χ4v) is 3.71. The summed E-state index contributed by atoms with van der Waals surface area (Å²) in [6.45, 7) is 9.54. The minimum atomic E-state index is -0.551. The van der Waals surface area contributed by atoms with Gasteiger partial charge in [0, 0.05) is 23.3 Å². The zero-order valence-electron chi connectivity index (χ0n) is 16.4. The van der Waals surface area contributed by atoms with Crippen molar-refractivity contribution in [2.24, 2.45) is 7.05 Å². The van der Waals surface area contributed by atoms with Gasteiger partial charge < -0.3 is 14.6 Å². The van der Waals surface area contributed by atoms with E-state index in [0.29, 0.717) is 10.6 Å². The largest absolute Gasteiger partial charge is 0.462 e. The molecular weight excluding hydrogens is 362 g/mol. The van der Waals surface area contributed by atoms with Gasteiger partial charge in [-0.05, 0) is 57.9 Å². The highest BCUT2D eigenvalue weighted by atomic mass is 32.1. The Bertz CT molecular complexity index is 974. The van der Waals surface area contributed by atoms with Crippen LogP contribution in [-0.2, 0) is 16.6 Å². The first kappa shape index (κ1) is 20.5. The van der Waals surface area contributed by atoms with Gasteiger partial charge in [0.15, 0.2) is 0 Å². The molecule has 0 saturated heterocycles. The predicted molar refractivity (Wildman–Crippen MR) is 107 cm³/mol. The number of ether oxygens (including phenoxy) is 1. The summed E-state index contributed by atoms with van der Waals surface area (Å²) in [5.74, 6) is -1.03. The lowest BCUT2D eigenvalue weighted by atomic mass is 10.1. The fraction of sp³-hybridized carbons (Fsp3) is 0.350. The number of nitrogens with zero attached hydrogens (tertiary/aromatic N) is 2. The molecule has 2 rings (SSSR count). The molecule has 1 N–H and O–H groups in total. The standard InChI is InChI=1S/C20H23N3O3S/c1-7-26-20(25)17-12(3)14(5)27-19(17)22-18(24)16(10-21)9-15-8-11(2)23(6)13(15)4/h8-9H,7H2,1-6H3,(H,22,24)/b16-9+. The highest BCUT2D eigenvalue weighted by Gasteiger charge is 2.23. The molecule has 0 aliphatic carbocycles. The summed E-state index contributed by atoms with van der Waals surface area (Å²) in [5.41, 5.74) is 3.89. The van der Waals surface area contributed by atoms with E-state index in [1.54, 1.807) is 13.0 Å². The topological polar surface area (TPSA) is 84.1 Å². The SMILES string of the molecule is CCOC(=O)c1c(NC(=O)/C(C#N)=C/c2cc(C)n(C)c2C)sc(C)c1C. The van der Waals surface area contributed by atoms with Crippen LogP contribution < -0.4 is 5.32 Å². The molecule has 2 aromatic rings. The summed E-state index contributed by atoms with van der Waals surface area (Å²) in [6, 6.07) is 3.87. The zero-order chi connectivity index (χ0) is 20.3. The number of carbonyl (C=O) groups is 2. The first-order valence-corrected chi connectivity index (χ1v) is 9.36. The fourth-order valence-electron chi connectivity index (χ4n) is 2.67. The van der Waals surface area contributed by atoms with E-state index in [4.69, 9.17) is 4.74 Å². The monoisotopic (exact) mass is 385 g/mol. The van der Waals surface area contributed by atoms with Crippen molar-refractivity contribution in [3.63, 3.8) is 0 Å². The molecule has 6 nitrogen and oxygen atoms in total. The average Bonchev–Trinajstić information content (AvgIpc) is 3.03. The van der Waals surface area contributed by atoms with E-state index in [0.717, 1.165) is 27.4 Å². The minimum absolute atomic E-state index is 0.0257. The van der Waals surface area contributed by atoms with Crippen LogP contribution in [0.1, 0.15) is 44.7 Å². The summed E-state index contributed by atoms with van der Waals surface area (Å²) < 4.78 is 7.08. The molecule has 142 valence electrons. The van der Waals surface area contributed by atoms with Crippen molar-refractivity contribution in [3.05, 3.63) is 44.6 Å². The molecule has 2 heterocycles. The van der Waals surface area contributed by atoms with E-state index < -0.39 is 11.9 Å². The number of esters is 1. The van der Waals surface area contributed by atoms with Gasteiger partial charge in [-0.2, -0.15) is 5.26 Å². The van der Waals surface area contributed by atoms with Crippen LogP contribution in [0.3, 0.4) is 0 Å². The van der Waals surface area contributed by atoms with E-state index in [1.807, 2.05) is 51.4 Å². The molecular formula is C20H23N3O3S. The van der Waals surface area contributed by atoms with Crippen LogP contribution in [0, 0.1) is 39.0 Å². The maximum atomic E-state index is 12.7. The lowest BCUT2D eigenvalue weighted by Gasteiger charge is -2.07. The van der Waals surface area contributed by atoms with Crippen LogP contribution in [0.25, 0.3) is 6.08 Å². The van der Waals surface area contributed by atoms with Crippen LogP contribution in [0.4, 0.5) is 5.00 Å². The molecule has 0 fully saturated rings. The Balaban J connectivity index is 2.37. The van der Waals surface area contributed by atoms with Gasteiger partial charge in [-0.25, -0.2) is 4.79 Å². The van der Waals surface area contributed by atoms with E-state index in [-0.39, 0.29) is 12.2 Å². The average molecular weight is 385 g/mol. The molecule has 0 aliphatic heterocycles. The molecule has 1 amide bonds. The number of rotatable bonds is 5. The summed E-state index contributed by atoms with van der Waals surface area (Å²) >= 11 is 1.29. The summed E-state index contributed by atoms with van der Waals surface area (Å²) in [6.07, 6.45) is 1.56. The number of aromatic nitrogens is 1. The third-order valence-corrected chi connectivity index (χ3v) is 5.69. The second-order valence-electron chi connectivity index (χ2n) is 6.22. The Morgan fingerprint density at radius 3 is 2.52 bits per heavy atom. The van der Waals surface area contributed by atoms with Crippen LogP contribution in [0.15, 0.2) is 11.6 Å². The maximum absolute atomic E-state index is 12.7. The van der Waals surface area contributed by atoms with E-state index in [1.165, 1.54) is 11.3 Å². The van der Waals surface area contributed by atoms with Gasteiger partial charge in [-0.15, -0.1) is 11.3 Å². The zero-order valence-corrected chi connectivity index (χ0v) is 17.2. The van der Waals surface area contributed by atoms with Crippen molar-refractivity contribution in [2.75, 3.05) is 11.9 Å². The molecule has 0 bridgehead atoms. The second-order valence-corrected chi connectivity index (χ2v) is 7.44. The molecule has 0 radical (unpaired) electrons. The number of carbonyl (C=O) groups excluding carboxylic acids is 2. The van der Waals surface area contributed by atoms with Crippen molar-refractivity contribution < 1.29 is 14.3 Å². The molecule has 0 unspecified atom stereocenters. The highest BCUT2D eigenvalue weighted by molar-refractivity contribution is 7.16. The first-order valence-electron chi connectivity index (χ1n) is 8.54. The summed E-state index contributed by atoms with van der Waals surface area (Å²) in [5, 5.41) is 12.6. The molecule has 0 aromatic carbocycles. The molecule has 27 heavy (non-hydrogen) atoms. The summed E-state index contributed by atoms with van der Waals surface area (Å²) in [7, 11) is 1.93. The highest BCUT2D eigenvalue weighted by Crippen LogP contribution is 2.33. The van der Waals surface area contributed by atoms with Crippen molar-refractivity contribution in [1.82, 2.24) is 4.57 Å². The minimum Gasteiger partial charge on any atom is -0.462 e. The molecule has 0 spiro atoms. The third-order valence-electron chi connectivity index (χ3n) is 4.57. The number of nitriles is 1. The van der Waals surface area contributed by atoms with Crippen LogP contribution >= 0.6 is 11.3 Å². The van der Waals surface area contributed by atoms with Crippen LogP contribution in [-0.4, -0.2) is 23.1 Å². The lowest BCUT2D eigenvalue weighted by Crippen LogP contribution is -2.16. The predicted octanol–water partition coefficient (Wildman–Crippen LogP) is 4.04. The number of nitrogens with one attached hydrogen (secondary N) is 1. The Kier molecular flexibility index (Phi) is 6.24. The number of aryl methyl sites for hydroxylation is 2. The Morgan fingerprint density at radius 1 is 1.33 bits per heavy atom. The number of hydrogen-bond acceptors (Lipinski definition) is 5. The van der Waals surface area contributed by atoms with Crippen LogP contribution in [0.5, 0.6) is 0 Å². The first-order chi connectivity index (χ1) is 12.7. The normalized spacial score (nSPS) is 11.2. The number of amides is 1. The van der Waals surface area contributed by atoms with Crippen molar-refractivity contribution in [1.29, 1.82) is 5.26 Å². The number of thiophene rings is 1. The van der Waals surface area contributed by atoms with Crippen molar-refractivity contribution in [3.8, 4) is 6.07 Å². The molecule has 0 saturated carbocycles. The Morgan fingerprint density at radius 2 is 2.00 bits per heavy atom. The van der Waals surface area contributed by atoms with Gasteiger partial charge >= 0.3 is 5.97 Å². The van der Waals surface area contributed by atoms with Gasteiger partial charge in [0.25, 0.3) is 5.91 Å². The summed E-state index contributed by atoms with van der Waals surface area (Å²) in [4.78, 5) is 25.8. The van der Waals surface area contributed by atoms with E-state index in [2.05, 4.69) is 5.32 Å². The van der Waals surface area contributed by atoms with Gasteiger partial charge in [0.1, 0.15) is 16.6 Å². The van der Waals surface area contributed by atoms with Crippen molar-refractivity contribution >= 4 is 34.3 Å². The molecule has 0 atom stereocenters. The smallest absolute Gasteiger partial charge is 0.341 e. The van der Waals surface area contributed by atoms with Gasteiger partial charge in [0.05, 0.1) is 12.2 Å². The molecule has 0 aliphatic rings. The quantitative estimate of drug-likeness (QED) is 0.478. The van der Waals surface area contributed by atoms with Gasteiger partial charge in [-0.3, -0.25) is 4.79 Å². The third kappa shape index (κ3) is 4.12. The van der Waals surface area contributed by atoms with Crippen molar-refractivity contribution in [2.45, 2.75) is 34.6 Å². The number of anilines is 1. The second kappa shape index (κ2) is 8.23. The molecule has 2 aromatic heterocycles. The van der Waals surface area contributed by atoms with Gasteiger partial charge in [-0.1, -0.05) is 0 Å².